The summed E-state index contributed by atoms with van der Waals surface area (Å²) >= 11 is 0. The summed E-state index contributed by atoms with van der Waals surface area (Å²) < 4.78 is 39.3. The summed E-state index contributed by atoms with van der Waals surface area (Å²) in [7, 11) is 0. The van der Waals surface area contributed by atoms with E-state index in [4.69, 9.17) is 33.2 Å². The molecular formula is C33H55N3O24. The number of hydrogen-bond acceptors (Lipinski definition) is 23. The van der Waals surface area contributed by atoms with Crippen molar-refractivity contribution in [1.82, 2.24) is 16.0 Å². The lowest BCUT2D eigenvalue weighted by atomic mass is 9.88. The molecule has 4 rings (SSSR count). The molecule has 0 spiro atoms. The van der Waals surface area contributed by atoms with Crippen LogP contribution in [0.15, 0.2) is 0 Å². The van der Waals surface area contributed by atoms with E-state index in [1.54, 1.807) is 0 Å². The molecule has 4 heterocycles. The second kappa shape index (κ2) is 21.0. The molecule has 0 radical (unpaired) electrons. The largest absolute Gasteiger partial charge is 0.477 e. The van der Waals surface area contributed by atoms with Crippen LogP contribution in [-0.2, 0) is 52.3 Å². The highest BCUT2D eigenvalue weighted by Crippen LogP contribution is 2.36. The number of aliphatic carboxylic acids is 1. The van der Waals surface area contributed by atoms with Crippen molar-refractivity contribution in [2.45, 2.75) is 155 Å². The highest BCUT2D eigenvalue weighted by molar-refractivity contribution is 5.76. The zero-order chi connectivity index (χ0) is 45.0. The van der Waals surface area contributed by atoms with Gasteiger partial charge in [0.05, 0.1) is 38.6 Å². The maximum absolute atomic E-state index is 12.6. The molecule has 60 heavy (non-hydrogen) atoms. The summed E-state index contributed by atoms with van der Waals surface area (Å²) in [5, 5.41) is 144. The number of carboxylic acids is 1. The van der Waals surface area contributed by atoms with Crippen LogP contribution in [0.5, 0.6) is 0 Å². The number of carboxylic acid groups (broad SMARTS) is 1. The fourth-order valence-electron chi connectivity index (χ4n) is 7.34. The van der Waals surface area contributed by atoms with Crippen molar-refractivity contribution in [3.05, 3.63) is 0 Å². The van der Waals surface area contributed by atoms with Gasteiger partial charge in [0.1, 0.15) is 91.4 Å². The van der Waals surface area contributed by atoms with Gasteiger partial charge in [0.25, 0.3) is 5.79 Å². The number of carbonyl (C=O) groups is 4. The molecule has 16 N–H and O–H groups in total. The number of nitrogens with one attached hydrogen (secondary N) is 3. The molecule has 4 saturated heterocycles. The summed E-state index contributed by atoms with van der Waals surface area (Å²) in [6, 6.07) is -4.73. The Balaban J connectivity index is 1.57. The summed E-state index contributed by atoms with van der Waals surface area (Å²) in [5.74, 6) is -7.11. The molecule has 0 aromatic carbocycles. The molecule has 27 heteroatoms. The highest BCUT2D eigenvalue weighted by atomic mass is 16.8. The zero-order valence-electron chi connectivity index (χ0n) is 32.4. The van der Waals surface area contributed by atoms with Crippen molar-refractivity contribution >= 4 is 23.7 Å². The maximum Gasteiger partial charge on any atom is 0.364 e. The minimum atomic E-state index is -2.92. The fraction of sp³-hybridized carbons (Fsp3) is 0.879. The number of hydrogen-bond donors (Lipinski definition) is 16. The number of aliphatic hydroxyl groups excluding tert-OH is 12. The molecule has 0 aliphatic carbocycles. The van der Waals surface area contributed by atoms with E-state index in [0.29, 0.717) is 0 Å². The lowest BCUT2D eigenvalue weighted by molar-refractivity contribution is -0.366. The van der Waals surface area contributed by atoms with Gasteiger partial charge < -0.3 is 115 Å². The van der Waals surface area contributed by atoms with Crippen molar-refractivity contribution < 1.29 is 119 Å². The van der Waals surface area contributed by atoms with E-state index < -0.39 is 185 Å². The predicted molar refractivity (Wildman–Crippen MR) is 186 cm³/mol. The smallest absolute Gasteiger partial charge is 0.364 e. The van der Waals surface area contributed by atoms with E-state index in [0.717, 1.165) is 20.8 Å². The van der Waals surface area contributed by atoms with Gasteiger partial charge in [0.2, 0.25) is 17.7 Å². The van der Waals surface area contributed by atoms with Crippen LogP contribution in [0, 0.1) is 0 Å². The Kier molecular flexibility index (Phi) is 17.4. The molecule has 4 aliphatic heterocycles. The number of rotatable bonds is 16. The molecule has 21 atom stereocenters. The molecule has 346 valence electrons. The Labute approximate surface area is 340 Å². The number of ether oxygens (including phenoxy) is 7. The Hall–Kier alpha value is -2.88. The standard InChI is InChI=1S/C33H55N3O24/c1-9(40)34-17-12(43)4-33(32(52)53,60-28(17)20(45)13(44)5-37)54-8-16-21(46)24(49)25(50)31(57-16)58-26-15(7-39)56-30(18(23(26)48)35-10(2)41)59-27-19(36-11(3)42)29(51)55-14(6-38)22(27)47/h12-31,37-39,43-51H,4-8H2,1-3H3,(H,34,40)(H,35,41)(H,36,42)(H,52,53)/t12-,13+,14+,15+,16+,17+,18+,19+,20+,21-,22-,23+,24-,25+,26+,27+,28+,29?,30-,31-,33+/m0/s1. The van der Waals surface area contributed by atoms with E-state index in [-0.39, 0.29) is 0 Å². The first-order chi connectivity index (χ1) is 28.1. The van der Waals surface area contributed by atoms with Crippen molar-refractivity contribution in [3.8, 4) is 0 Å². The monoisotopic (exact) mass is 877 g/mol. The number of amides is 3. The zero-order valence-corrected chi connectivity index (χ0v) is 32.4. The van der Waals surface area contributed by atoms with Gasteiger partial charge in [-0.25, -0.2) is 4.79 Å². The summed E-state index contributed by atoms with van der Waals surface area (Å²) in [5.41, 5.74) is 0. The molecule has 4 aliphatic rings. The first-order valence-corrected chi connectivity index (χ1v) is 18.7. The van der Waals surface area contributed by atoms with Gasteiger partial charge in [-0.1, -0.05) is 0 Å². The highest BCUT2D eigenvalue weighted by Gasteiger charge is 2.58. The molecule has 4 fully saturated rings. The van der Waals surface area contributed by atoms with Gasteiger partial charge >= 0.3 is 5.97 Å². The van der Waals surface area contributed by atoms with Gasteiger partial charge in [0, 0.05) is 27.2 Å². The third-order valence-electron chi connectivity index (χ3n) is 10.4. The minimum Gasteiger partial charge on any atom is -0.477 e. The molecule has 0 aromatic rings. The van der Waals surface area contributed by atoms with Gasteiger partial charge in [-0.2, -0.15) is 0 Å². The maximum atomic E-state index is 12.6. The van der Waals surface area contributed by atoms with Crippen LogP contribution in [-0.4, -0.2) is 245 Å². The summed E-state index contributed by atoms with van der Waals surface area (Å²) in [4.78, 5) is 48.7. The first kappa shape index (κ1) is 49.8. The lowest BCUT2D eigenvalue weighted by Gasteiger charge is -2.49. The molecule has 0 bridgehead atoms. The van der Waals surface area contributed by atoms with E-state index in [2.05, 4.69) is 16.0 Å². The van der Waals surface area contributed by atoms with Crippen LogP contribution in [0.4, 0.5) is 0 Å². The van der Waals surface area contributed by atoms with Gasteiger partial charge in [0.15, 0.2) is 18.9 Å². The topological polar surface area (TPSA) is 432 Å². The van der Waals surface area contributed by atoms with Gasteiger partial charge in [-0.15, -0.1) is 0 Å². The van der Waals surface area contributed by atoms with Crippen molar-refractivity contribution in [2.24, 2.45) is 0 Å². The van der Waals surface area contributed by atoms with E-state index >= 15 is 0 Å². The number of aliphatic hydroxyl groups is 12. The first-order valence-electron chi connectivity index (χ1n) is 18.7. The Bertz CT molecular complexity index is 1470. The third-order valence-corrected chi connectivity index (χ3v) is 10.4. The van der Waals surface area contributed by atoms with Crippen LogP contribution in [0.3, 0.4) is 0 Å². The second-order valence-corrected chi connectivity index (χ2v) is 14.8. The van der Waals surface area contributed by atoms with Gasteiger partial charge in [-0.3, -0.25) is 14.4 Å². The second-order valence-electron chi connectivity index (χ2n) is 14.8. The Morgan fingerprint density at radius 1 is 0.667 bits per heavy atom. The Morgan fingerprint density at radius 3 is 1.77 bits per heavy atom. The Morgan fingerprint density at radius 2 is 1.22 bits per heavy atom. The summed E-state index contributed by atoms with van der Waals surface area (Å²) in [6.07, 6.45) is -33.1. The molecular weight excluding hydrogens is 822 g/mol. The normalized spacial score (nSPS) is 43.3. The molecule has 3 amide bonds. The van der Waals surface area contributed by atoms with Crippen molar-refractivity contribution in [3.63, 3.8) is 0 Å². The average molecular weight is 878 g/mol. The fourth-order valence-corrected chi connectivity index (χ4v) is 7.34. The summed E-state index contributed by atoms with van der Waals surface area (Å²) in [6.45, 7) is -0.808. The van der Waals surface area contributed by atoms with Crippen molar-refractivity contribution in [2.75, 3.05) is 26.4 Å². The van der Waals surface area contributed by atoms with Crippen LogP contribution in [0.1, 0.15) is 27.2 Å². The van der Waals surface area contributed by atoms with Crippen LogP contribution in [0.2, 0.25) is 0 Å². The van der Waals surface area contributed by atoms with Crippen LogP contribution in [0.25, 0.3) is 0 Å². The van der Waals surface area contributed by atoms with Crippen molar-refractivity contribution in [1.29, 1.82) is 0 Å². The van der Waals surface area contributed by atoms with Gasteiger partial charge in [-0.05, 0) is 0 Å². The average Bonchev–Trinajstić information content (AvgIpc) is 3.18. The lowest BCUT2D eigenvalue weighted by Crippen LogP contribution is -2.70. The SMILES string of the molecule is CC(=O)N[C@H]1[C@H](O[C@H]2[C@@H](O)[C@@H](CO)OC(O)[C@@H]2NC(C)=O)O[C@H](CO)[C@@H](O[C@@H]2O[C@H](CO[C@]3(C(=O)O)C[C@H](O)[C@@H](NC(C)=O)[C@H]([C@H](O)[C@H](O)CO)O3)[C@H](O)[C@H](O)[C@H]2O)[C@@H]1O. The quantitative estimate of drug-likeness (QED) is 0.0684. The van der Waals surface area contributed by atoms with Crippen LogP contribution >= 0.6 is 0 Å². The predicted octanol–water partition coefficient (Wildman–Crippen LogP) is -10.1. The van der Waals surface area contributed by atoms with Crippen LogP contribution < -0.4 is 16.0 Å². The number of carbonyl (C=O) groups excluding carboxylic acids is 3. The molecule has 27 nitrogen and oxygen atoms in total. The third kappa shape index (κ3) is 11.0. The molecule has 0 saturated carbocycles. The van der Waals surface area contributed by atoms with E-state index in [9.17, 15) is 85.6 Å². The molecule has 1 unspecified atom stereocenters. The molecule has 0 aromatic heterocycles. The minimum absolute atomic E-state index is 0.712. The van der Waals surface area contributed by atoms with E-state index in [1.807, 2.05) is 0 Å². The van der Waals surface area contributed by atoms with E-state index in [1.165, 1.54) is 0 Å².